The van der Waals surface area contributed by atoms with E-state index in [4.69, 9.17) is 10.5 Å². The highest BCUT2D eigenvalue weighted by Crippen LogP contribution is 2.24. The number of carbonyl (C=O) groups excluding carboxylic acids is 1. The van der Waals surface area contributed by atoms with Gasteiger partial charge in [-0.15, -0.1) is 24.8 Å². The minimum Gasteiger partial charge on any atom is -0.492 e. The Morgan fingerprint density at radius 3 is 2.65 bits per heavy atom. The molecular weight excluding hydrogens is 517 g/mol. The van der Waals surface area contributed by atoms with Gasteiger partial charge in [0.05, 0.1) is 12.3 Å². The lowest BCUT2D eigenvalue weighted by molar-refractivity contribution is -0.124. The summed E-state index contributed by atoms with van der Waals surface area (Å²) in [5.41, 5.74) is 9.54. The van der Waals surface area contributed by atoms with E-state index in [1.54, 1.807) is 16.8 Å². The summed E-state index contributed by atoms with van der Waals surface area (Å²) in [7, 11) is 0. The van der Waals surface area contributed by atoms with Crippen molar-refractivity contribution in [3.8, 4) is 5.75 Å². The highest BCUT2D eigenvalue weighted by Gasteiger charge is 2.30. The van der Waals surface area contributed by atoms with Gasteiger partial charge < -0.3 is 21.1 Å². The maximum atomic E-state index is 13.2. The van der Waals surface area contributed by atoms with Crippen molar-refractivity contribution in [2.75, 3.05) is 24.2 Å². The summed E-state index contributed by atoms with van der Waals surface area (Å²) in [6.45, 7) is 7.10. The largest absolute Gasteiger partial charge is 0.492 e. The van der Waals surface area contributed by atoms with Crippen molar-refractivity contribution in [1.29, 1.82) is 0 Å². The first kappa shape index (κ1) is 29.9. The van der Waals surface area contributed by atoms with E-state index in [9.17, 15) is 9.59 Å². The number of anilines is 2. The maximum Gasteiger partial charge on any atom is 0.294 e. The molecule has 4 rings (SSSR count). The highest BCUT2D eigenvalue weighted by atomic mass is 35.5. The van der Waals surface area contributed by atoms with Crippen LogP contribution < -0.4 is 26.7 Å². The van der Waals surface area contributed by atoms with Gasteiger partial charge in [-0.2, -0.15) is 0 Å². The third-order valence-corrected chi connectivity index (χ3v) is 6.10. The second-order valence-electron chi connectivity index (χ2n) is 8.52. The summed E-state index contributed by atoms with van der Waals surface area (Å²) in [5.74, 6) is 1.24. The Balaban J connectivity index is 0.00000241. The SMILES string of the molecule is CCOc1ccc(CCNc2ncc3n(c2=O)[C@H](C(=O)NCc2ccc(N)nc2C)CC3)nc1C.Cl.Cl. The summed E-state index contributed by atoms with van der Waals surface area (Å²) in [5, 5.41) is 6.05. The zero-order valence-corrected chi connectivity index (χ0v) is 22.7. The van der Waals surface area contributed by atoms with Gasteiger partial charge in [0.1, 0.15) is 17.6 Å². The number of nitrogens with one attached hydrogen (secondary N) is 2. The molecule has 10 nitrogen and oxygen atoms in total. The standard InChI is InChI=1S/C25H31N7O3.2ClH/c1-4-35-21-9-6-18(30-16(21)3)11-12-27-23-25(34)32-19(14-28-23)7-8-20(32)24(33)29-13-17-5-10-22(26)31-15(17)2;;/h5-6,9-10,14,20H,4,7-8,11-13H2,1-3H3,(H2,26,31)(H,27,28)(H,29,33);2*1H/t20-;;/m0../s1. The Kier molecular flexibility index (Phi) is 10.7. The molecule has 1 aliphatic heterocycles. The van der Waals surface area contributed by atoms with Crippen molar-refractivity contribution in [2.45, 2.75) is 52.6 Å². The lowest BCUT2D eigenvalue weighted by atomic mass is 10.1. The molecule has 0 bridgehead atoms. The normalized spacial score (nSPS) is 13.6. The molecule has 0 fully saturated rings. The molecule has 0 aromatic carbocycles. The van der Waals surface area contributed by atoms with Crippen molar-refractivity contribution >= 4 is 42.4 Å². The average molecular weight is 550 g/mol. The minimum atomic E-state index is -0.571. The van der Waals surface area contributed by atoms with Gasteiger partial charge >= 0.3 is 0 Å². The second kappa shape index (κ2) is 13.3. The predicted molar refractivity (Wildman–Crippen MR) is 148 cm³/mol. The van der Waals surface area contributed by atoms with Crippen molar-refractivity contribution in [1.82, 2.24) is 24.8 Å². The Bertz CT molecular complexity index is 1300. The second-order valence-corrected chi connectivity index (χ2v) is 8.52. The van der Waals surface area contributed by atoms with Crippen LogP contribution in [0.25, 0.3) is 0 Å². The lowest BCUT2D eigenvalue weighted by Crippen LogP contribution is -2.36. The molecule has 12 heteroatoms. The van der Waals surface area contributed by atoms with Crippen LogP contribution in [-0.2, 0) is 24.2 Å². The van der Waals surface area contributed by atoms with E-state index in [0.717, 1.165) is 34.1 Å². The van der Waals surface area contributed by atoms with Crippen molar-refractivity contribution in [3.63, 3.8) is 0 Å². The van der Waals surface area contributed by atoms with Crippen LogP contribution >= 0.6 is 24.8 Å². The zero-order valence-electron chi connectivity index (χ0n) is 21.1. The number of hydrogen-bond donors (Lipinski definition) is 3. The molecule has 4 N–H and O–H groups in total. The van der Waals surface area contributed by atoms with Crippen LogP contribution in [0, 0.1) is 13.8 Å². The monoisotopic (exact) mass is 549 g/mol. The van der Waals surface area contributed by atoms with E-state index >= 15 is 0 Å². The number of nitrogens with zero attached hydrogens (tertiary/aromatic N) is 4. The van der Waals surface area contributed by atoms with Gasteiger partial charge in [0.25, 0.3) is 5.56 Å². The van der Waals surface area contributed by atoms with Gasteiger partial charge in [0, 0.05) is 42.8 Å². The summed E-state index contributed by atoms with van der Waals surface area (Å²) >= 11 is 0. The number of halogens is 2. The number of nitrogen functional groups attached to an aromatic ring is 1. The molecule has 3 aromatic rings. The van der Waals surface area contributed by atoms with E-state index in [-0.39, 0.29) is 42.1 Å². The van der Waals surface area contributed by atoms with Gasteiger partial charge in [-0.25, -0.2) is 9.97 Å². The van der Waals surface area contributed by atoms with Crippen LogP contribution in [0.4, 0.5) is 11.6 Å². The molecule has 4 heterocycles. The van der Waals surface area contributed by atoms with Gasteiger partial charge in [-0.3, -0.25) is 19.1 Å². The van der Waals surface area contributed by atoms with Gasteiger partial charge in [0.2, 0.25) is 5.91 Å². The van der Waals surface area contributed by atoms with E-state index < -0.39 is 6.04 Å². The van der Waals surface area contributed by atoms with Crippen LogP contribution in [0.5, 0.6) is 5.75 Å². The molecule has 0 saturated heterocycles. The molecule has 0 spiro atoms. The average Bonchev–Trinajstić information content (AvgIpc) is 3.27. The third-order valence-electron chi connectivity index (χ3n) is 6.10. The predicted octanol–water partition coefficient (Wildman–Crippen LogP) is 2.93. The van der Waals surface area contributed by atoms with Crippen molar-refractivity contribution in [3.05, 3.63) is 69.2 Å². The molecule has 1 aliphatic rings. The number of rotatable bonds is 9. The number of fused-ring (bicyclic) bond motifs is 1. The number of aryl methyl sites for hydroxylation is 3. The van der Waals surface area contributed by atoms with Crippen molar-refractivity contribution < 1.29 is 9.53 Å². The molecule has 0 unspecified atom stereocenters. The fourth-order valence-corrected chi connectivity index (χ4v) is 4.26. The quantitative estimate of drug-likeness (QED) is 0.370. The van der Waals surface area contributed by atoms with E-state index in [2.05, 4.69) is 25.6 Å². The first-order valence-corrected chi connectivity index (χ1v) is 11.8. The van der Waals surface area contributed by atoms with Crippen LogP contribution in [-0.4, -0.2) is 38.6 Å². The number of aromatic nitrogens is 4. The Labute approximate surface area is 228 Å². The first-order chi connectivity index (χ1) is 16.9. The molecule has 0 radical (unpaired) electrons. The van der Waals surface area contributed by atoms with Crippen LogP contribution in [0.2, 0.25) is 0 Å². The summed E-state index contributed by atoms with van der Waals surface area (Å²) in [6.07, 6.45) is 3.47. The minimum absolute atomic E-state index is 0. The van der Waals surface area contributed by atoms with Gasteiger partial charge in [0.15, 0.2) is 5.82 Å². The Morgan fingerprint density at radius 2 is 1.95 bits per heavy atom. The zero-order chi connectivity index (χ0) is 24.9. The van der Waals surface area contributed by atoms with Gasteiger partial charge in [-0.1, -0.05) is 6.07 Å². The fraction of sp³-hybridized carbons (Fsp3) is 0.400. The molecular formula is C25H33Cl2N7O3. The molecule has 200 valence electrons. The number of amides is 1. The molecule has 37 heavy (non-hydrogen) atoms. The number of hydrogen-bond acceptors (Lipinski definition) is 8. The maximum absolute atomic E-state index is 13.2. The molecule has 0 saturated carbocycles. The molecule has 3 aromatic heterocycles. The number of pyridine rings is 2. The van der Waals surface area contributed by atoms with Crippen LogP contribution in [0.1, 0.15) is 47.7 Å². The topological polar surface area (TPSA) is 137 Å². The van der Waals surface area contributed by atoms with Gasteiger partial charge in [-0.05, 0) is 57.4 Å². The summed E-state index contributed by atoms with van der Waals surface area (Å²) in [6, 6.07) is 6.81. The lowest BCUT2D eigenvalue weighted by Gasteiger charge is -2.16. The summed E-state index contributed by atoms with van der Waals surface area (Å²) < 4.78 is 7.09. The third kappa shape index (κ3) is 6.90. The first-order valence-electron chi connectivity index (χ1n) is 11.8. The van der Waals surface area contributed by atoms with E-state index in [1.165, 1.54) is 0 Å². The fourth-order valence-electron chi connectivity index (χ4n) is 4.26. The molecule has 1 amide bonds. The number of ether oxygens (including phenoxy) is 1. The summed E-state index contributed by atoms with van der Waals surface area (Å²) in [4.78, 5) is 39.2. The highest BCUT2D eigenvalue weighted by molar-refractivity contribution is 5.85. The number of nitrogens with two attached hydrogens (primary N) is 1. The smallest absolute Gasteiger partial charge is 0.294 e. The molecule has 0 aliphatic carbocycles. The van der Waals surface area contributed by atoms with Crippen LogP contribution in [0.3, 0.4) is 0 Å². The Morgan fingerprint density at radius 1 is 1.16 bits per heavy atom. The van der Waals surface area contributed by atoms with Crippen molar-refractivity contribution in [2.24, 2.45) is 0 Å². The molecule has 1 atom stereocenters. The van der Waals surface area contributed by atoms with E-state index in [1.807, 2.05) is 39.0 Å². The van der Waals surface area contributed by atoms with Crippen LogP contribution in [0.15, 0.2) is 35.3 Å². The Hall–Kier alpha value is -3.37. The van der Waals surface area contributed by atoms with E-state index in [0.29, 0.717) is 44.8 Å². The number of carbonyl (C=O) groups is 1.